The fraction of sp³-hybridized carbons (Fsp3) is 0.429. The van der Waals surface area contributed by atoms with Crippen molar-refractivity contribution in [1.82, 2.24) is 19.9 Å². The van der Waals surface area contributed by atoms with E-state index in [0.717, 1.165) is 30.9 Å². The standard InChI is InChI=1S/C14H19N5O/c1-4-6-10-7-12(15-5-2)19-14(18-10)11-8-13(20-3)17-9-16-11/h7-9H,4-6H2,1-3H3,(H,15,18,19). The van der Waals surface area contributed by atoms with E-state index in [4.69, 9.17) is 4.74 Å². The summed E-state index contributed by atoms with van der Waals surface area (Å²) >= 11 is 0. The summed E-state index contributed by atoms with van der Waals surface area (Å²) in [4.78, 5) is 17.2. The molecule has 0 spiro atoms. The molecule has 2 heterocycles. The van der Waals surface area contributed by atoms with Crippen LogP contribution in [0.15, 0.2) is 18.5 Å². The third-order valence-corrected chi connectivity index (χ3v) is 2.72. The summed E-state index contributed by atoms with van der Waals surface area (Å²) < 4.78 is 5.11. The zero-order chi connectivity index (χ0) is 14.4. The van der Waals surface area contributed by atoms with Gasteiger partial charge < -0.3 is 10.1 Å². The summed E-state index contributed by atoms with van der Waals surface area (Å²) in [5.74, 6) is 1.91. The minimum atomic E-state index is 0.504. The molecule has 0 bridgehead atoms. The second kappa shape index (κ2) is 6.79. The second-order valence-electron chi connectivity index (χ2n) is 4.29. The predicted molar refractivity (Wildman–Crippen MR) is 77.8 cm³/mol. The van der Waals surface area contributed by atoms with Gasteiger partial charge in [0, 0.05) is 24.4 Å². The Morgan fingerprint density at radius 1 is 1.15 bits per heavy atom. The normalized spacial score (nSPS) is 10.3. The lowest BCUT2D eigenvalue weighted by molar-refractivity contribution is 0.397. The number of ether oxygens (including phenoxy) is 1. The highest BCUT2D eigenvalue weighted by Gasteiger charge is 2.09. The first-order valence-electron chi connectivity index (χ1n) is 6.75. The van der Waals surface area contributed by atoms with Crippen LogP contribution >= 0.6 is 0 Å². The summed E-state index contributed by atoms with van der Waals surface area (Å²) in [5.41, 5.74) is 1.67. The molecule has 0 fully saturated rings. The van der Waals surface area contributed by atoms with Crippen molar-refractivity contribution in [3.8, 4) is 17.4 Å². The number of nitrogens with one attached hydrogen (secondary N) is 1. The van der Waals surface area contributed by atoms with Gasteiger partial charge in [-0.25, -0.2) is 19.9 Å². The van der Waals surface area contributed by atoms with Crippen LogP contribution in [0.2, 0.25) is 0 Å². The summed E-state index contributed by atoms with van der Waals surface area (Å²) in [6, 6.07) is 3.72. The van der Waals surface area contributed by atoms with Crippen LogP contribution in [0.5, 0.6) is 5.88 Å². The van der Waals surface area contributed by atoms with Crippen molar-refractivity contribution in [2.24, 2.45) is 0 Å². The van der Waals surface area contributed by atoms with Crippen LogP contribution in [0, 0.1) is 0 Å². The van der Waals surface area contributed by atoms with Gasteiger partial charge in [-0.3, -0.25) is 0 Å². The van der Waals surface area contributed by atoms with Crippen molar-refractivity contribution in [2.45, 2.75) is 26.7 Å². The lowest BCUT2D eigenvalue weighted by Crippen LogP contribution is -2.05. The first-order chi connectivity index (χ1) is 9.76. The molecule has 0 amide bonds. The van der Waals surface area contributed by atoms with Gasteiger partial charge in [-0.15, -0.1) is 0 Å². The molecule has 6 nitrogen and oxygen atoms in total. The fourth-order valence-electron chi connectivity index (χ4n) is 1.84. The van der Waals surface area contributed by atoms with Crippen molar-refractivity contribution < 1.29 is 4.74 Å². The molecule has 106 valence electrons. The van der Waals surface area contributed by atoms with Gasteiger partial charge in [0.2, 0.25) is 5.88 Å². The molecule has 0 atom stereocenters. The van der Waals surface area contributed by atoms with Crippen molar-refractivity contribution in [2.75, 3.05) is 19.0 Å². The topological polar surface area (TPSA) is 72.8 Å². The Balaban J connectivity index is 2.42. The van der Waals surface area contributed by atoms with Gasteiger partial charge in [0.25, 0.3) is 0 Å². The van der Waals surface area contributed by atoms with E-state index < -0.39 is 0 Å². The SMILES string of the molecule is CCCc1cc(NCC)nc(-c2cc(OC)ncn2)n1. The van der Waals surface area contributed by atoms with Gasteiger partial charge in [0.1, 0.15) is 17.8 Å². The molecule has 2 rings (SSSR count). The largest absolute Gasteiger partial charge is 0.481 e. The Kier molecular flexibility index (Phi) is 4.81. The maximum absolute atomic E-state index is 5.11. The average molecular weight is 273 g/mol. The zero-order valence-electron chi connectivity index (χ0n) is 12.1. The van der Waals surface area contributed by atoms with Crippen molar-refractivity contribution in [3.63, 3.8) is 0 Å². The highest BCUT2D eigenvalue weighted by Crippen LogP contribution is 2.19. The maximum atomic E-state index is 5.11. The van der Waals surface area contributed by atoms with Gasteiger partial charge in [-0.2, -0.15) is 0 Å². The van der Waals surface area contributed by atoms with Crippen molar-refractivity contribution in [3.05, 3.63) is 24.2 Å². The van der Waals surface area contributed by atoms with E-state index in [1.165, 1.54) is 6.33 Å². The average Bonchev–Trinajstić information content (AvgIpc) is 2.48. The maximum Gasteiger partial charge on any atom is 0.216 e. The second-order valence-corrected chi connectivity index (χ2v) is 4.29. The van der Waals surface area contributed by atoms with E-state index in [2.05, 4.69) is 32.2 Å². The minimum Gasteiger partial charge on any atom is -0.481 e. The van der Waals surface area contributed by atoms with E-state index in [-0.39, 0.29) is 0 Å². The van der Waals surface area contributed by atoms with Crippen molar-refractivity contribution in [1.29, 1.82) is 0 Å². The van der Waals surface area contributed by atoms with E-state index in [1.807, 2.05) is 13.0 Å². The van der Waals surface area contributed by atoms with E-state index in [1.54, 1.807) is 13.2 Å². The number of hydrogen-bond donors (Lipinski definition) is 1. The molecular formula is C14H19N5O. The molecule has 0 aliphatic rings. The molecule has 0 unspecified atom stereocenters. The summed E-state index contributed by atoms with van der Waals surface area (Å²) in [6.07, 6.45) is 3.40. The molecule has 2 aromatic rings. The molecule has 6 heteroatoms. The number of aryl methyl sites for hydroxylation is 1. The summed E-state index contributed by atoms with van der Waals surface area (Å²) in [6.45, 7) is 4.98. The number of nitrogens with zero attached hydrogens (tertiary/aromatic N) is 4. The quantitative estimate of drug-likeness (QED) is 0.870. The lowest BCUT2D eigenvalue weighted by Gasteiger charge is -2.08. The molecule has 0 aliphatic heterocycles. The molecule has 0 saturated carbocycles. The first kappa shape index (κ1) is 14.2. The third kappa shape index (κ3) is 3.40. The third-order valence-electron chi connectivity index (χ3n) is 2.72. The highest BCUT2D eigenvalue weighted by molar-refractivity contribution is 5.54. The van der Waals surface area contributed by atoms with Crippen LogP contribution in [0.3, 0.4) is 0 Å². The minimum absolute atomic E-state index is 0.504. The monoisotopic (exact) mass is 273 g/mol. The van der Waals surface area contributed by atoms with Gasteiger partial charge in [-0.1, -0.05) is 13.3 Å². The van der Waals surface area contributed by atoms with E-state index in [9.17, 15) is 0 Å². The van der Waals surface area contributed by atoms with E-state index in [0.29, 0.717) is 17.4 Å². The predicted octanol–water partition coefficient (Wildman–Crippen LogP) is 2.33. The van der Waals surface area contributed by atoms with E-state index >= 15 is 0 Å². The van der Waals surface area contributed by atoms with Crippen LogP contribution in [0.4, 0.5) is 5.82 Å². The molecule has 0 aliphatic carbocycles. The van der Waals surface area contributed by atoms with Crippen molar-refractivity contribution >= 4 is 5.82 Å². The molecule has 2 aromatic heterocycles. The van der Waals surface area contributed by atoms with Gasteiger partial charge in [0.05, 0.1) is 7.11 Å². The molecular weight excluding hydrogens is 254 g/mol. The number of hydrogen-bond acceptors (Lipinski definition) is 6. The number of methoxy groups -OCH3 is 1. The smallest absolute Gasteiger partial charge is 0.216 e. The number of rotatable bonds is 6. The lowest BCUT2D eigenvalue weighted by atomic mass is 10.2. The van der Waals surface area contributed by atoms with Gasteiger partial charge >= 0.3 is 0 Å². The number of aromatic nitrogens is 4. The van der Waals surface area contributed by atoms with Crippen LogP contribution in [0.25, 0.3) is 11.5 Å². The summed E-state index contributed by atoms with van der Waals surface area (Å²) in [7, 11) is 1.57. The molecule has 1 N–H and O–H groups in total. The van der Waals surface area contributed by atoms with Gasteiger partial charge in [-0.05, 0) is 13.3 Å². The van der Waals surface area contributed by atoms with Crippen LogP contribution < -0.4 is 10.1 Å². The van der Waals surface area contributed by atoms with Crippen LogP contribution in [0.1, 0.15) is 26.0 Å². The number of anilines is 1. The van der Waals surface area contributed by atoms with Gasteiger partial charge in [0.15, 0.2) is 5.82 Å². The highest BCUT2D eigenvalue weighted by atomic mass is 16.5. The first-order valence-corrected chi connectivity index (χ1v) is 6.75. The Morgan fingerprint density at radius 3 is 2.70 bits per heavy atom. The fourth-order valence-corrected chi connectivity index (χ4v) is 1.84. The van der Waals surface area contributed by atoms with Crippen LogP contribution in [-0.2, 0) is 6.42 Å². The molecule has 20 heavy (non-hydrogen) atoms. The molecule has 0 saturated heterocycles. The Hall–Kier alpha value is -2.24. The Bertz CT molecular complexity index is 549. The zero-order valence-corrected chi connectivity index (χ0v) is 12.1. The van der Waals surface area contributed by atoms with Crippen LogP contribution in [-0.4, -0.2) is 33.6 Å². The Morgan fingerprint density at radius 2 is 2.00 bits per heavy atom. The molecule has 0 aromatic carbocycles. The summed E-state index contributed by atoms with van der Waals surface area (Å²) in [5, 5.41) is 3.22. The molecule has 0 radical (unpaired) electrons. The Labute approximate surface area is 118 Å².